The summed E-state index contributed by atoms with van der Waals surface area (Å²) in [5, 5.41) is 4.66. The second-order valence-electron chi connectivity index (χ2n) is 4.76. The van der Waals surface area contributed by atoms with Gasteiger partial charge in [-0.15, -0.1) is 0 Å². The van der Waals surface area contributed by atoms with Gasteiger partial charge in [0.05, 0.1) is 0 Å². The molecule has 0 fully saturated rings. The maximum atomic E-state index is 12.9. The fraction of sp³-hybridized carbons (Fsp3) is 0.250. The van der Waals surface area contributed by atoms with E-state index in [-0.39, 0.29) is 11.9 Å². The molecule has 1 atom stereocenters. The molecule has 0 radical (unpaired) electrons. The highest BCUT2D eigenvalue weighted by molar-refractivity contribution is 6.33. The van der Waals surface area contributed by atoms with Crippen molar-refractivity contribution in [3.8, 4) is 0 Å². The maximum Gasteiger partial charge on any atom is 0.123 e. The fourth-order valence-electron chi connectivity index (χ4n) is 2.15. The molecule has 2 aromatic rings. The molecule has 4 heteroatoms. The Morgan fingerprint density at radius 3 is 2.40 bits per heavy atom. The summed E-state index contributed by atoms with van der Waals surface area (Å²) >= 11 is 12.2. The van der Waals surface area contributed by atoms with Gasteiger partial charge in [0.25, 0.3) is 0 Å². The summed E-state index contributed by atoms with van der Waals surface area (Å²) in [6, 6.07) is 12.3. The van der Waals surface area contributed by atoms with Gasteiger partial charge in [0.15, 0.2) is 0 Å². The molecule has 0 aromatic heterocycles. The largest absolute Gasteiger partial charge is 0.316 e. The zero-order chi connectivity index (χ0) is 14.5. The molecular formula is C16H16Cl2FN. The van der Waals surface area contributed by atoms with E-state index in [2.05, 4.69) is 5.32 Å². The van der Waals surface area contributed by atoms with Crippen molar-refractivity contribution < 1.29 is 4.39 Å². The van der Waals surface area contributed by atoms with Crippen molar-refractivity contribution in [2.24, 2.45) is 0 Å². The van der Waals surface area contributed by atoms with Crippen molar-refractivity contribution in [1.82, 2.24) is 5.32 Å². The number of likely N-dealkylation sites (N-methyl/N-ethyl adjacent to an activating group) is 1. The van der Waals surface area contributed by atoms with E-state index >= 15 is 0 Å². The van der Waals surface area contributed by atoms with Crippen LogP contribution < -0.4 is 5.32 Å². The summed E-state index contributed by atoms with van der Waals surface area (Å²) in [4.78, 5) is 0. The monoisotopic (exact) mass is 311 g/mol. The first kappa shape index (κ1) is 15.3. The van der Waals surface area contributed by atoms with Crippen LogP contribution in [0.15, 0.2) is 42.5 Å². The minimum absolute atomic E-state index is 0.215. The molecule has 0 saturated heterocycles. The Kier molecular flexibility index (Phi) is 5.41. The summed E-state index contributed by atoms with van der Waals surface area (Å²) in [5.41, 5.74) is 2.10. The third kappa shape index (κ3) is 4.20. The van der Waals surface area contributed by atoms with Gasteiger partial charge < -0.3 is 5.32 Å². The number of hydrogen-bond donors (Lipinski definition) is 1. The summed E-state index contributed by atoms with van der Waals surface area (Å²) in [6.45, 7) is 0. The van der Waals surface area contributed by atoms with Crippen LogP contribution >= 0.6 is 23.2 Å². The molecule has 2 rings (SSSR count). The predicted octanol–water partition coefficient (Wildman–Crippen LogP) is 4.51. The third-order valence-corrected chi connectivity index (χ3v) is 3.88. The summed E-state index contributed by atoms with van der Waals surface area (Å²) in [6.07, 6.45) is 1.58. The number of nitrogens with one attached hydrogen (secondary N) is 1. The van der Waals surface area contributed by atoms with Crippen LogP contribution in [0.25, 0.3) is 0 Å². The fourth-order valence-corrected chi connectivity index (χ4v) is 2.54. The molecule has 0 amide bonds. The van der Waals surface area contributed by atoms with Gasteiger partial charge >= 0.3 is 0 Å². The molecular weight excluding hydrogens is 296 g/mol. The summed E-state index contributed by atoms with van der Waals surface area (Å²) in [5.74, 6) is -0.215. The third-order valence-electron chi connectivity index (χ3n) is 3.28. The lowest BCUT2D eigenvalue weighted by atomic mass is 9.99. The Hall–Kier alpha value is -1.09. The van der Waals surface area contributed by atoms with Crippen LogP contribution in [-0.4, -0.2) is 13.1 Å². The second kappa shape index (κ2) is 7.07. The summed E-state index contributed by atoms with van der Waals surface area (Å²) in [7, 11) is 1.91. The molecule has 0 aliphatic carbocycles. The highest BCUT2D eigenvalue weighted by Gasteiger charge is 2.11. The molecule has 1 N–H and O–H groups in total. The smallest absolute Gasteiger partial charge is 0.123 e. The van der Waals surface area contributed by atoms with Gasteiger partial charge in [0.1, 0.15) is 5.82 Å². The lowest BCUT2D eigenvalue weighted by Crippen LogP contribution is -2.30. The molecule has 106 valence electrons. The molecule has 0 spiro atoms. The minimum atomic E-state index is -0.215. The Bertz CT molecular complexity index is 569. The van der Waals surface area contributed by atoms with E-state index in [4.69, 9.17) is 23.2 Å². The standard InChI is InChI=1S/C16H16Cl2FN/c1-20-15(8-11-2-5-14(19)6-3-11)10-12-9-13(17)4-7-16(12)18/h2-7,9,15,20H,8,10H2,1H3. The highest BCUT2D eigenvalue weighted by Crippen LogP contribution is 2.22. The van der Waals surface area contributed by atoms with E-state index in [1.807, 2.05) is 19.2 Å². The number of halogens is 3. The van der Waals surface area contributed by atoms with Crippen LogP contribution in [0.2, 0.25) is 10.0 Å². The molecule has 0 bridgehead atoms. The van der Waals surface area contributed by atoms with Crippen molar-refractivity contribution in [3.05, 3.63) is 69.5 Å². The second-order valence-corrected chi connectivity index (χ2v) is 5.60. The molecule has 2 aromatic carbocycles. The number of hydrogen-bond acceptors (Lipinski definition) is 1. The van der Waals surface area contributed by atoms with Crippen LogP contribution in [0.3, 0.4) is 0 Å². The van der Waals surface area contributed by atoms with Gasteiger partial charge in [-0.2, -0.15) is 0 Å². The number of rotatable bonds is 5. The van der Waals surface area contributed by atoms with Crippen molar-refractivity contribution in [2.75, 3.05) is 7.05 Å². The van der Waals surface area contributed by atoms with Crippen molar-refractivity contribution in [2.45, 2.75) is 18.9 Å². The lowest BCUT2D eigenvalue weighted by Gasteiger charge is -2.17. The minimum Gasteiger partial charge on any atom is -0.316 e. The highest BCUT2D eigenvalue weighted by atomic mass is 35.5. The van der Waals surface area contributed by atoms with Crippen molar-refractivity contribution in [1.29, 1.82) is 0 Å². The van der Waals surface area contributed by atoms with E-state index in [0.29, 0.717) is 10.0 Å². The molecule has 1 unspecified atom stereocenters. The molecule has 0 aliphatic heterocycles. The van der Waals surface area contributed by atoms with Crippen LogP contribution in [0.4, 0.5) is 4.39 Å². The molecule has 0 heterocycles. The predicted molar refractivity (Wildman–Crippen MR) is 83.1 cm³/mol. The van der Waals surface area contributed by atoms with Crippen molar-refractivity contribution in [3.63, 3.8) is 0 Å². The summed E-state index contributed by atoms with van der Waals surface area (Å²) < 4.78 is 12.9. The van der Waals surface area contributed by atoms with Gasteiger partial charge in [-0.25, -0.2) is 4.39 Å². The zero-order valence-electron chi connectivity index (χ0n) is 11.2. The van der Waals surface area contributed by atoms with Gasteiger partial charge in [-0.05, 0) is 61.3 Å². The molecule has 0 aliphatic rings. The quantitative estimate of drug-likeness (QED) is 0.857. The average molecular weight is 312 g/mol. The van der Waals surface area contributed by atoms with Gasteiger partial charge in [0.2, 0.25) is 0 Å². The zero-order valence-corrected chi connectivity index (χ0v) is 12.7. The van der Waals surface area contributed by atoms with Gasteiger partial charge in [0, 0.05) is 16.1 Å². The average Bonchev–Trinajstić information content (AvgIpc) is 2.44. The first-order valence-electron chi connectivity index (χ1n) is 6.44. The van der Waals surface area contributed by atoms with E-state index in [1.165, 1.54) is 12.1 Å². The molecule has 20 heavy (non-hydrogen) atoms. The topological polar surface area (TPSA) is 12.0 Å². The Balaban J connectivity index is 2.08. The van der Waals surface area contributed by atoms with Crippen LogP contribution in [0, 0.1) is 5.82 Å². The Labute approximate surface area is 128 Å². The first-order valence-corrected chi connectivity index (χ1v) is 7.19. The molecule has 0 saturated carbocycles. The Morgan fingerprint density at radius 1 is 1.05 bits per heavy atom. The van der Waals surface area contributed by atoms with Crippen LogP contribution in [-0.2, 0) is 12.8 Å². The Morgan fingerprint density at radius 2 is 1.75 bits per heavy atom. The van der Waals surface area contributed by atoms with Gasteiger partial charge in [-0.3, -0.25) is 0 Å². The SMILES string of the molecule is CNC(Cc1ccc(F)cc1)Cc1cc(Cl)ccc1Cl. The first-order chi connectivity index (χ1) is 9.58. The van der Waals surface area contributed by atoms with Crippen LogP contribution in [0.1, 0.15) is 11.1 Å². The van der Waals surface area contributed by atoms with E-state index < -0.39 is 0 Å². The van der Waals surface area contributed by atoms with E-state index in [0.717, 1.165) is 24.0 Å². The number of benzene rings is 2. The van der Waals surface area contributed by atoms with E-state index in [1.54, 1.807) is 18.2 Å². The van der Waals surface area contributed by atoms with Crippen molar-refractivity contribution >= 4 is 23.2 Å². The van der Waals surface area contributed by atoms with E-state index in [9.17, 15) is 4.39 Å². The van der Waals surface area contributed by atoms with Gasteiger partial charge in [-0.1, -0.05) is 35.3 Å². The van der Waals surface area contributed by atoms with Crippen LogP contribution in [0.5, 0.6) is 0 Å². The normalized spacial score (nSPS) is 12.4. The lowest BCUT2D eigenvalue weighted by molar-refractivity contribution is 0.555. The maximum absolute atomic E-state index is 12.9. The molecule has 1 nitrogen and oxygen atoms in total.